The average molecular weight is 245 g/mol. The first kappa shape index (κ1) is 12.4. The summed E-state index contributed by atoms with van der Waals surface area (Å²) in [5, 5.41) is 13.3. The Hall–Kier alpha value is -1.07. The monoisotopic (exact) mass is 245 g/mol. The van der Waals surface area contributed by atoms with Crippen molar-refractivity contribution in [1.29, 1.82) is 0 Å². The van der Waals surface area contributed by atoms with Crippen LogP contribution in [0.25, 0.3) is 0 Å². The van der Waals surface area contributed by atoms with Crippen LogP contribution in [0.15, 0.2) is 24.3 Å². The van der Waals surface area contributed by atoms with Crippen molar-refractivity contribution in [1.82, 2.24) is 5.32 Å². The molecule has 17 heavy (non-hydrogen) atoms. The van der Waals surface area contributed by atoms with Crippen molar-refractivity contribution >= 4 is 0 Å². The number of piperidine rings is 1. The molecule has 5 heteroatoms. The molecule has 0 aromatic heterocycles. The predicted octanol–water partition coefficient (Wildman–Crippen LogP) is 2.28. The SMILES string of the molecule is OC1(c2cccc(C(F)(F)F)c2)CCCNC1. The Kier molecular flexibility index (Phi) is 3.14. The highest BCUT2D eigenvalue weighted by atomic mass is 19.4. The summed E-state index contributed by atoms with van der Waals surface area (Å²) in [6, 6.07) is 4.93. The lowest BCUT2D eigenvalue weighted by Gasteiger charge is -2.33. The molecule has 1 saturated heterocycles. The van der Waals surface area contributed by atoms with Crippen molar-refractivity contribution in [2.75, 3.05) is 13.1 Å². The molecule has 0 bridgehead atoms. The van der Waals surface area contributed by atoms with E-state index in [1.807, 2.05) is 0 Å². The second kappa shape index (κ2) is 4.31. The Labute approximate surface area is 97.5 Å². The molecule has 1 aliphatic rings. The first-order valence-corrected chi connectivity index (χ1v) is 5.53. The average Bonchev–Trinajstić information content (AvgIpc) is 2.29. The molecular weight excluding hydrogens is 231 g/mol. The molecule has 1 aliphatic heterocycles. The summed E-state index contributed by atoms with van der Waals surface area (Å²) in [7, 11) is 0. The maximum Gasteiger partial charge on any atom is 0.416 e. The van der Waals surface area contributed by atoms with Gasteiger partial charge in [0, 0.05) is 6.54 Å². The number of aliphatic hydroxyl groups is 1. The smallest absolute Gasteiger partial charge is 0.384 e. The van der Waals surface area contributed by atoms with Crippen molar-refractivity contribution in [3.63, 3.8) is 0 Å². The molecule has 1 fully saturated rings. The van der Waals surface area contributed by atoms with Gasteiger partial charge in [0.25, 0.3) is 0 Å². The molecule has 1 aromatic carbocycles. The van der Waals surface area contributed by atoms with E-state index in [1.54, 1.807) is 6.07 Å². The second-order valence-electron chi connectivity index (χ2n) is 4.39. The maximum absolute atomic E-state index is 12.6. The van der Waals surface area contributed by atoms with E-state index in [0.717, 1.165) is 25.1 Å². The first-order valence-electron chi connectivity index (χ1n) is 5.53. The summed E-state index contributed by atoms with van der Waals surface area (Å²) in [4.78, 5) is 0. The molecule has 0 saturated carbocycles. The Morgan fingerprint density at radius 1 is 1.29 bits per heavy atom. The molecule has 1 unspecified atom stereocenters. The number of nitrogens with one attached hydrogen (secondary N) is 1. The number of rotatable bonds is 1. The molecule has 2 nitrogen and oxygen atoms in total. The Morgan fingerprint density at radius 3 is 2.65 bits per heavy atom. The van der Waals surface area contributed by atoms with Crippen LogP contribution in [0, 0.1) is 0 Å². The van der Waals surface area contributed by atoms with Gasteiger partial charge in [0.2, 0.25) is 0 Å². The lowest BCUT2D eigenvalue weighted by atomic mass is 9.86. The highest BCUT2D eigenvalue weighted by Crippen LogP contribution is 2.34. The lowest BCUT2D eigenvalue weighted by Crippen LogP contribution is -2.43. The molecule has 0 aliphatic carbocycles. The molecular formula is C12H14F3NO. The standard InChI is InChI=1S/C12H14F3NO/c13-12(14,15)10-4-1-3-9(7-10)11(17)5-2-6-16-8-11/h1,3-4,7,16-17H,2,5-6,8H2. The van der Waals surface area contributed by atoms with Gasteiger partial charge in [-0.3, -0.25) is 0 Å². The van der Waals surface area contributed by atoms with Crippen molar-refractivity contribution in [2.24, 2.45) is 0 Å². The third kappa shape index (κ3) is 2.61. The number of alkyl halides is 3. The van der Waals surface area contributed by atoms with Crippen molar-refractivity contribution in [2.45, 2.75) is 24.6 Å². The predicted molar refractivity (Wildman–Crippen MR) is 57.4 cm³/mol. The van der Waals surface area contributed by atoms with E-state index in [9.17, 15) is 18.3 Å². The zero-order valence-electron chi connectivity index (χ0n) is 9.22. The fourth-order valence-electron chi connectivity index (χ4n) is 2.12. The molecule has 0 radical (unpaired) electrons. The van der Waals surface area contributed by atoms with Gasteiger partial charge in [-0.05, 0) is 37.1 Å². The van der Waals surface area contributed by atoms with Crippen LogP contribution in [0.4, 0.5) is 13.2 Å². The van der Waals surface area contributed by atoms with Gasteiger partial charge in [-0.25, -0.2) is 0 Å². The van der Waals surface area contributed by atoms with Gasteiger partial charge in [0.05, 0.1) is 5.56 Å². The van der Waals surface area contributed by atoms with Crippen LogP contribution in [0.1, 0.15) is 24.0 Å². The van der Waals surface area contributed by atoms with Crippen LogP contribution in [0.3, 0.4) is 0 Å². The molecule has 2 rings (SSSR count). The van der Waals surface area contributed by atoms with Crippen LogP contribution in [-0.2, 0) is 11.8 Å². The van der Waals surface area contributed by atoms with Crippen LogP contribution >= 0.6 is 0 Å². The fourth-order valence-corrected chi connectivity index (χ4v) is 2.12. The highest BCUT2D eigenvalue weighted by Gasteiger charge is 2.35. The van der Waals surface area contributed by atoms with Gasteiger partial charge in [0.15, 0.2) is 0 Å². The minimum atomic E-state index is -4.37. The van der Waals surface area contributed by atoms with Gasteiger partial charge in [-0.2, -0.15) is 13.2 Å². The quantitative estimate of drug-likeness (QED) is 0.795. The van der Waals surface area contributed by atoms with Crippen LogP contribution in [-0.4, -0.2) is 18.2 Å². The third-order valence-electron chi connectivity index (χ3n) is 3.09. The summed E-state index contributed by atoms with van der Waals surface area (Å²) in [5.41, 5.74) is -1.56. The van der Waals surface area contributed by atoms with Crippen molar-refractivity contribution < 1.29 is 18.3 Å². The Morgan fingerprint density at radius 2 is 2.06 bits per heavy atom. The minimum absolute atomic E-state index is 0.300. The normalized spacial score (nSPS) is 25.9. The van der Waals surface area contributed by atoms with Gasteiger partial charge in [-0.15, -0.1) is 0 Å². The van der Waals surface area contributed by atoms with Gasteiger partial charge in [-0.1, -0.05) is 12.1 Å². The van der Waals surface area contributed by atoms with Crippen molar-refractivity contribution in [3.05, 3.63) is 35.4 Å². The van der Waals surface area contributed by atoms with Gasteiger partial charge >= 0.3 is 6.18 Å². The maximum atomic E-state index is 12.6. The van der Waals surface area contributed by atoms with Crippen LogP contribution in [0.5, 0.6) is 0 Å². The van der Waals surface area contributed by atoms with E-state index in [0.29, 0.717) is 18.5 Å². The Bertz CT molecular complexity index is 397. The largest absolute Gasteiger partial charge is 0.416 e. The molecule has 0 amide bonds. The van der Waals surface area contributed by atoms with Gasteiger partial charge in [0.1, 0.15) is 5.60 Å². The number of hydrogen-bond acceptors (Lipinski definition) is 2. The molecule has 1 heterocycles. The summed E-state index contributed by atoms with van der Waals surface area (Å²) in [5.74, 6) is 0. The number of halogens is 3. The topological polar surface area (TPSA) is 32.3 Å². The number of hydrogen-bond donors (Lipinski definition) is 2. The summed E-state index contributed by atoms with van der Waals surface area (Å²) in [6.07, 6.45) is -3.12. The fraction of sp³-hybridized carbons (Fsp3) is 0.500. The van der Waals surface area contributed by atoms with E-state index < -0.39 is 17.3 Å². The zero-order valence-corrected chi connectivity index (χ0v) is 9.22. The second-order valence-corrected chi connectivity index (χ2v) is 4.39. The minimum Gasteiger partial charge on any atom is -0.384 e. The summed E-state index contributed by atoms with van der Waals surface area (Å²) < 4.78 is 37.7. The lowest BCUT2D eigenvalue weighted by molar-refractivity contribution is -0.137. The number of benzene rings is 1. The summed E-state index contributed by atoms with van der Waals surface area (Å²) in [6.45, 7) is 1.09. The van der Waals surface area contributed by atoms with E-state index in [-0.39, 0.29) is 0 Å². The summed E-state index contributed by atoms with van der Waals surface area (Å²) >= 11 is 0. The Balaban J connectivity index is 2.32. The third-order valence-corrected chi connectivity index (χ3v) is 3.09. The van der Waals surface area contributed by atoms with E-state index in [4.69, 9.17) is 0 Å². The molecule has 0 spiro atoms. The number of β-amino-alcohol motifs (C(OH)–C–C–N with tert-alkyl or cyclic N) is 1. The highest BCUT2D eigenvalue weighted by molar-refractivity contribution is 5.30. The van der Waals surface area contributed by atoms with Gasteiger partial charge < -0.3 is 10.4 Å². The van der Waals surface area contributed by atoms with Crippen LogP contribution in [0.2, 0.25) is 0 Å². The molecule has 1 aromatic rings. The van der Waals surface area contributed by atoms with Crippen molar-refractivity contribution in [3.8, 4) is 0 Å². The van der Waals surface area contributed by atoms with E-state index >= 15 is 0 Å². The van der Waals surface area contributed by atoms with Crippen LogP contribution < -0.4 is 5.32 Å². The zero-order chi connectivity index (χ0) is 12.5. The molecule has 94 valence electrons. The molecule has 1 atom stereocenters. The van der Waals surface area contributed by atoms with E-state index in [1.165, 1.54) is 6.07 Å². The van der Waals surface area contributed by atoms with E-state index in [2.05, 4.69) is 5.32 Å². The first-order chi connectivity index (χ1) is 7.92. The molecule has 2 N–H and O–H groups in total.